The maximum absolute atomic E-state index is 12.1. The fraction of sp³-hybridized carbons (Fsp3) is 0.625. The van der Waals surface area contributed by atoms with Crippen LogP contribution >= 0.6 is 0 Å². The molecule has 3 atom stereocenters. The highest BCUT2D eigenvalue weighted by Crippen LogP contribution is 2.34. The van der Waals surface area contributed by atoms with Gasteiger partial charge in [-0.25, -0.2) is 13.1 Å². The summed E-state index contributed by atoms with van der Waals surface area (Å²) >= 11 is 0. The monoisotopic (exact) mass is 367 g/mol. The van der Waals surface area contributed by atoms with E-state index in [4.69, 9.17) is 4.74 Å². The average Bonchev–Trinajstić information content (AvgIpc) is 3.22. The van der Waals surface area contributed by atoms with Crippen molar-refractivity contribution >= 4 is 16.0 Å². The topological polar surface area (TPSA) is 105 Å². The Hall–Kier alpha value is -1.71. The van der Waals surface area contributed by atoms with Crippen molar-refractivity contribution in [1.29, 1.82) is 0 Å². The van der Waals surface area contributed by atoms with E-state index in [1.54, 1.807) is 6.07 Å². The van der Waals surface area contributed by atoms with Crippen LogP contribution in [0.3, 0.4) is 0 Å². The summed E-state index contributed by atoms with van der Waals surface area (Å²) < 4.78 is 32.6. The number of hydrogen-bond acceptors (Lipinski definition) is 5. The van der Waals surface area contributed by atoms with Gasteiger partial charge in [0, 0.05) is 25.5 Å². The summed E-state index contributed by atoms with van der Waals surface area (Å²) in [6.45, 7) is 3.31. The van der Waals surface area contributed by atoms with Crippen LogP contribution < -0.4 is 15.4 Å². The number of sulfonamides is 1. The van der Waals surface area contributed by atoms with Crippen molar-refractivity contribution in [2.24, 2.45) is 4.99 Å². The minimum absolute atomic E-state index is 0.156. The molecule has 0 aromatic carbocycles. The number of pyridine rings is 1. The molecule has 2 aliphatic rings. The molecule has 2 aliphatic heterocycles. The van der Waals surface area contributed by atoms with E-state index in [0.717, 1.165) is 25.8 Å². The van der Waals surface area contributed by atoms with Crippen LogP contribution in [0.25, 0.3) is 0 Å². The first-order chi connectivity index (χ1) is 12.1. The summed E-state index contributed by atoms with van der Waals surface area (Å²) in [5, 5.41) is 6.60. The standard InChI is InChI=1S/C16H25N5O3S/c1-2-18-16(21-14-10-12-5-6-15(14)24-12)19-8-9-20-25(22,23)13-4-3-7-17-11-13/h3-4,7,11-12,14-15,20H,2,5-6,8-10H2,1H3,(H2,18,19,21). The van der Waals surface area contributed by atoms with E-state index in [-0.39, 0.29) is 23.6 Å². The lowest BCUT2D eigenvalue weighted by Crippen LogP contribution is -2.47. The zero-order valence-corrected chi connectivity index (χ0v) is 15.1. The lowest BCUT2D eigenvalue weighted by atomic mass is 9.96. The highest BCUT2D eigenvalue weighted by Gasteiger charge is 2.41. The highest BCUT2D eigenvalue weighted by atomic mass is 32.2. The predicted octanol–water partition coefficient (Wildman–Crippen LogP) is 0.235. The van der Waals surface area contributed by atoms with Gasteiger partial charge in [0.1, 0.15) is 4.90 Å². The summed E-state index contributed by atoms with van der Waals surface area (Å²) in [5.74, 6) is 0.698. The molecule has 3 heterocycles. The molecule has 0 saturated carbocycles. The number of fused-ring (bicyclic) bond motifs is 2. The Bertz CT molecular complexity index is 695. The molecule has 3 unspecified atom stereocenters. The largest absolute Gasteiger partial charge is 0.373 e. The average molecular weight is 367 g/mol. The number of guanidine groups is 1. The number of aliphatic imine (C=N–C) groups is 1. The minimum atomic E-state index is -3.54. The van der Waals surface area contributed by atoms with Crippen molar-refractivity contribution in [3.8, 4) is 0 Å². The second-order valence-electron chi connectivity index (χ2n) is 6.21. The number of rotatable bonds is 7. The normalized spacial score (nSPS) is 26.0. The van der Waals surface area contributed by atoms with Crippen LogP contribution in [0.2, 0.25) is 0 Å². The Kier molecular flexibility index (Phi) is 5.87. The highest BCUT2D eigenvalue weighted by molar-refractivity contribution is 7.89. The molecule has 138 valence electrons. The van der Waals surface area contributed by atoms with Gasteiger partial charge in [-0.3, -0.25) is 9.98 Å². The number of nitrogens with zero attached hydrogens (tertiary/aromatic N) is 2. The third kappa shape index (κ3) is 4.68. The van der Waals surface area contributed by atoms with Crippen molar-refractivity contribution in [2.45, 2.75) is 49.3 Å². The van der Waals surface area contributed by atoms with Gasteiger partial charge in [-0.05, 0) is 38.3 Å². The quantitative estimate of drug-likeness (QED) is 0.362. The molecule has 2 fully saturated rings. The molecular formula is C16H25N5O3S. The minimum Gasteiger partial charge on any atom is -0.373 e. The summed E-state index contributed by atoms with van der Waals surface area (Å²) in [6, 6.07) is 3.39. The fourth-order valence-electron chi connectivity index (χ4n) is 3.22. The van der Waals surface area contributed by atoms with Gasteiger partial charge in [0.2, 0.25) is 10.0 Å². The van der Waals surface area contributed by atoms with Gasteiger partial charge >= 0.3 is 0 Å². The van der Waals surface area contributed by atoms with E-state index >= 15 is 0 Å². The van der Waals surface area contributed by atoms with Gasteiger partial charge in [0.25, 0.3) is 0 Å². The summed E-state index contributed by atoms with van der Waals surface area (Å²) in [7, 11) is -3.54. The molecule has 3 rings (SSSR count). The van der Waals surface area contributed by atoms with E-state index < -0.39 is 10.0 Å². The van der Waals surface area contributed by atoms with E-state index in [1.165, 1.54) is 18.5 Å². The maximum Gasteiger partial charge on any atom is 0.242 e. The Labute approximate surface area is 148 Å². The van der Waals surface area contributed by atoms with Crippen LogP contribution in [0.5, 0.6) is 0 Å². The molecule has 0 spiro atoms. The number of hydrogen-bond donors (Lipinski definition) is 3. The number of ether oxygens (including phenoxy) is 1. The lowest BCUT2D eigenvalue weighted by Gasteiger charge is -2.22. The van der Waals surface area contributed by atoms with Gasteiger partial charge in [0.05, 0.1) is 24.8 Å². The summed E-state index contributed by atoms with van der Waals surface area (Å²) in [4.78, 5) is 8.44. The number of nitrogens with one attached hydrogen (secondary N) is 3. The van der Waals surface area contributed by atoms with Gasteiger partial charge in [-0.2, -0.15) is 0 Å². The fourth-order valence-corrected chi connectivity index (χ4v) is 4.21. The third-order valence-corrected chi connectivity index (χ3v) is 5.84. The maximum atomic E-state index is 12.1. The van der Waals surface area contributed by atoms with Crippen molar-refractivity contribution in [3.63, 3.8) is 0 Å². The van der Waals surface area contributed by atoms with Crippen LogP contribution in [0.4, 0.5) is 0 Å². The van der Waals surface area contributed by atoms with Crippen LogP contribution in [-0.2, 0) is 14.8 Å². The second kappa shape index (κ2) is 8.11. The van der Waals surface area contributed by atoms with Gasteiger partial charge < -0.3 is 15.4 Å². The molecule has 2 bridgehead atoms. The lowest BCUT2D eigenvalue weighted by molar-refractivity contribution is 0.0992. The summed E-state index contributed by atoms with van der Waals surface area (Å²) in [6.07, 6.45) is 6.74. The Morgan fingerprint density at radius 1 is 1.44 bits per heavy atom. The molecule has 8 nitrogen and oxygen atoms in total. The molecule has 0 amide bonds. The molecule has 9 heteroatoms. The Morgan fingerprint density at radius 2 is 2.32 bits per heavy atom. The molecule has 2 saturated heterocycles. The van der Waals surface area contributed by atoms with E-state index in [2.05, 4.69) is 25.3 Å². The van der Waals surface area contributed by atoms with Crippen molar-refractivity contribution < 1.29 is 13.2 Å². The van der Waals surface area contributed by atoms with Crippen LogP contribution in [0, 0.1) is 0 Å². The van der Waals surface area contributed by atoms with Crippen LogP contribution in [0.1, 0.15) is 26.2 Å². The molecule has 25 heavy (non-hydrogen) atoms. The van der Waals surface area contributed by atoms with E-state index in [0.29, 0.717) is 18.6 Å². The van der Waals surface area contributed by atoms with Gasteiger partial charge in [-0.15, -0.1) is 0 Å². The zero-order chi connectivity index (χ0) is 17.7. The van der Waals surface area contributed by atoms with Crippen molar-refractivity contribution in [2.75, 3.05) is 19.6 Å². The predicted molar refractivity (Wildman–Crippen MR) is 94.8 cm³/mol. The van der Waals surface area contributed by atoms with Crippen LogP contribution in [-0.4, -0.2) is 57.2 Å². The smallest absolute Gasteiger partial charge is 0.242 e. The van der Waals surface area contributed by atoms with E-state index in [9.17, 15) is 8.42 Å². The molecule has 0 radical (unpaired) electrons. The van der Waals surface area contributed by atoms with Crippen molar-refractivity contribution in [1.82, 2.24) is 20.3 Å². The summed E-state index contributed by atoms with van der Waals surface area (Å²) in [5.41, 5.74) is 0. The first-order valence-corrected chi connectivity index (χ1v) is 10.2. The Balaban J connectivity index is 1.50. The Morgan fingerprint density at radius 3 is 2.96 bits per heavy atom. The molecule has 3 N–H and O–H groups in total. The molecule has 0 aliphatic carbocycles. The van der Waals surface area contributed by atoms with Gasteiger partial charge in [-0.1, -0.05) is 0 Å². The third-order valence-electron chi connectivity index (χ3n) is 4.39. The van der Waals surface area contributed by atoms with Crippen LogP contribution in [0.15, 0.2) is 34.4 Å². The first-order valence-electron chi connectivity index (χ1n) is 8.68. The second-order valence-corrected chi connectivity index (χ2v) is 7.97. The zero-order valence-electron chi connectivity index (χ0n) is 14.3. The van der Waals surface area contributed by atoms with Gasteiger partial charge in [0.15, 0.2) is 5.96 Å². The molecular weight excluding hydrogens is 342 g/mol. The van der Waals surface area contributed by atoms with E-state index in [1.807, 2.05) is 6.92 Å². The SMILES string of the molecule is CCNC(=NCCNS(=O)(=O)c1cccnc1)NC1CC2CCC1O2. The molecule has 1 aromatic rings. The molecule has 1 aromatic heterocycles. The van der Waals surface area contributed by atoms with Crippen molar-refractivity contribution in [3.05, 3.63) is 24.5 Å². The first kappa shape index (κ1) is 18.1. The number of aromatic nitrogens is 1.